The lowest BCUT2D eigenvalue weighted by Gasteiger charge is -2.59. The summed E-state index contributed by atoms with van der Waals surface area (Å²) >= 11 is 0. The van der Waals surface area contributed by atoms with E-state index in [-0.39, 0.29) is 23.8 Å². The van der Waals surface area contributed by atoms with Gasteiger partial charge in [-0.2, -0.15) is 0 Å². The normalized spacial score (nSPS) is 35.5. The molecule has 1 saturated heterocycles. The lowest BCUT2D eigenvalue weighted by molar-refractivity contribution is -0.130. The Morgan fingerprint density at radius 3 is 2.30 bits per heavy atom. The van der Waals surface area contributed by atoms with Crippen molar-refractivity contribution in [1.29, 1.82) is 0 Å². The lowest BCUT2D eigenvalue weighted by Crippen LogP contribution is -2.56. The molecule has 162 valence electrons. The van der Waals surface area contributed by atoms with Crippen LogP contribution in [0.15, 0.2) is 24.3 Å². The summed E-state index contributed by atoms with van der Waals surface area (Å²) in [6.45, 7) is 5.25. The molecule has 0 radical (unpaired) electrons. The molecule has 4 aliphatic carbocycles. The number of benzene rings is 1. The van der Waals surface area contributed by atoms with Gasteiger partial charge >= 0.3 is 0 Å². The molecule has 1 aliphatic heterocycles. The number of hydrogen-bond acceptors (Lipinski definition) is 3. The van der Waals surface area contributed by atoms with Crippen LogP contribution >= 0.6 is 0 Å². The van der Waals surface area contributed by atoms with Gasteiger partial charge < -0.3 is 15.0 Å². The number of hydrogen-bond donors (Lipinski definition) is 1. The van der Waals surface area contributed by atoms with E-state index in [9.17, 15) is 9.59 Å². The van der Waals surface area contributed by atoms with Crippen molar-refractivity contribution in [1.82, 2.24) is 5.32 Å². The first-order valence-electron chi connectivity index (χ1n) is 11.8. The fourth-order valence-electron chi connectivity index (χ4n) is 7.21. The molecule has 5 fully saturated rings. The molecule has 5 heteroatoms. The molecule has 0 aromatic heterocycles. The molecule has 6 rings (SSSR count). The van der Waals surface area contributed by atoms with E-state index in [2.05, 4.69) is 12.2 Å². The summed E-state index contributed by atoms with van der Waals surface area (Å²) in [5, 5.41) is 3.36. The van der Waals surface area contributed by atoms with Crippen molar-refractivity contribution in [2.24, 2.45) is 29.1 Å². The van der Waals surface area contributed by atoms with E-state index in [1.807, 2.05) is 31.2 Å². The van der Waals surface area contributed by atoms with Gasteiger partial charge in [0.1, 0.15) is 5.75 Å². The van der Waals surface area contributed by atoms with E-state index in [0.29, 0.717) is 25.0 Å². The number of nitrogens with zero attached hydrogens (tertiary/aromatic N) is 1. The quantitative estimate of drug-likeness (QED) is 0.766. The Morgan fingerprint density at radius 1 is 1.13 bits per heavy atom. The molecule has 5 aliphatic rings. The second-order valence-electron chi connectivity index (χ2n) is 10.3. The Labute approximate surface area is 179 Å². The Bertz CT molecular complexity index is 783. The maximum absolute atomic E-state index is 13.1. The van der Waals surface area contributed by atoms with Gasteiger partial charge in [-0.15, -0.1) is 0 Å². The molecule has 4 saturated carbocycles. The third-order valence-corrected chi connectivity index (χ3v) is 8.32. The minimum Gasteiger partial charge on any atom is -0.494 e. The highest BCUT2D eigenvalue weighted by Crippen LogP contribution is 2.61. The Balaban J connectivity index is 1.22. The Morgan fingerprint density at radius 2 is 1.73 bits per heavy atom. The van der Waals surface area contributed by atoms with Crippen LogP contribution in [0.1, 0.15) is 58.8 Å². The van der Waals surface area contributed by atoms with Crippen LogP contribution in [0.2, 0.25) is 0 Å². The summed E-state index contributed by atoms with van der Waals surface area (Å²) in [6.07, 6.45) is 8.37. The summed E-state index contributed by atoms with van der Waals surface area (Å²) in [6, 6.07) is 7.78. The van der Waals surface area contributed by atoms with Crippen LogP contribution in [0.25, 0.3) is 0 Å². The molecule has 1 aromatic carbocycles. The van der Waals surface area contributed by atoms with Crippen molar-refractivity contribution in [2.75, 3.05) is 18.1 Å². The zero-order valence-corrected chi connectivity index (χ0v) is 18.2. The zero-order valence-electron chi connectivity index (χ0n) is 18.2. The molecule has 5 nitrogen and oxygen atoms in total. The number of anilines is 1. The van der Waals surface area contributed by atoms with Crippen molar-refractivity contribution in [3.63, 3.8) is 0 Å². The maximum atomic E-state index is 13.1. The van der Waals surface area contributed by atoms with Crippen LogP contribution < -0.4 is 15.0 Å². The van der Waals surface area contributed by atoms with Gasteiger partial charge in [0.25, 0.3) is 0 Å². The van der Waals surface area contributed by atoms with Gasteiger partial charge in [-0.3, -0.25) is 9.59 Å². The molecular weight excluding hydrogens is 376 g/mol. The van der Waals surface area contributed by atoms with Crippen LogP contribution in [0.3, 0.4) is 0 Å². The van der Waals surface area contributed by atoms with Gasteiger partial charge in [0, 0.05) is 24.7 Å². The number of ether oxygens (including phenoxy) is 1. The van der Waals surface area contributed by atoms with E-state index < -0.39 is 0 Å². The van der Waals surface area contributed by atoms with Crippen LogP contribution in [-0.2, 0) is 9.59 Å². The molecule has 1 heterocycles. The summed E-state index contributed by atoms with van der Waals surface area (Å²) < 4.78 is 5.49. The third kappa shape index (κ3) is 3.50. The van der Waals surface area contributed by atoms with E-state index in [4.69, 9.17) is 4.74 Å². The molecule has 2 amide bonds. The largest absolute Gasteiger partial charge is 0.494 e. The molecule has 0 spiro atoms. The van der Waals surface area contributed by atoms with Crippen LogP contribution in [0.4, 0.5) is 5.69 Å². The van der Waals surface area contributed by atoms with Crippen molar-refractivity contribution < 1.29 is 14.3 Å². The van der Waals surface area contributed by atoms with Gasteiger partial charge in [-0.05, 0) is 99.8 Å². The third-order valence-electron chi connectivity index (χ3n) is 8.32. The highest BCUT2D eigenvalue weighted by Gasteiger charge is 2.53. The van der Waals surface area contributed by atoms with Crippen LogP contribution in [0.5, 0.6) is 5.75 Å². The summed E-state index contributed by atoms with van der Waals surface area (Å²) in [7, 11) is 0. The molecular formula is C25H34N2O3. The SMILES string of the molecule is CCOc1ccc(N2C[C@@H](C(=O)N[C@@H](C)C34CC5CC(CC(C5)C3)C4)CC2=O)cc1. The summed E-state index contributed by atoms with van der Waals surface area (Å²) in [4.78, 5) is 27.5. The molecule has 2 atom stereocenters. The lowest BCUT2D eigenvalue weighted by atomic mass is 9.48. The standard InChI is InChI=1S/C25H34N2O3/c1-3-30-22-6-4-21(5-7-22)27-15-20(11-23(27)28)24(29)26-16(2)25-12-17-8-18(13-25)10-19(9-17)14-25/h4-7,16-20H,3,8-15H2,1-2H3,(H,26,29)/t16-,17?,18?,19?,20-,25?/m0/s1. The van der Waals surface area contributed by atoms with Gasteiger partial charge in [0.15, 0.2) is 0 Å². The first-order valence-corrected chi connectivity index (χ1v) is 11.8. The fourth-order valence-corrected chi connectivity index (χ4v) is 7.21. The molecule has 1 aromatic rings. The van der Waals surface area contributed by atoms with Crippen molar-refractivity contribution >= 4 is 17.5 Å². The van der Waals surface area contributed by atoms with E-state index in [1.54, 1.807) is 4.90 Å². The number of carbonyl (C=O) groups is 2. The Kier molecular flexibility index (Phi) is 5.03. The second-order valence-corrected chi connectivity index (χ2v) is 10.3. The molecule has 1 N–H and O–H groups in total. The van der Waals surface area contributed by atoms with E-state index in [1.165, 1.54) is 38.5 Å². The maximum Gasteiger partial charge on any atom is 0.227 e. The number of rotatable bonds is 6. The number of nitrogens with one attached hydrogen (secondary N) is 1. The smallest absolute Gasteiger partial charge is 0.227 e. The average molecular weight is 411 g/mol. The van der Waals surface area contributed by atoms with E-state index >= 15 is 0 Å². The van der Waals surface area contributed by atoms with Crippen molar-refractivity contribution in [3.8, 4) is 5.75 Å². The van der Waals surface area contributed by atoms with Gasteiger partial charge in [0.2, 0.25) is 11.8 Å². The van der Waals surface area contributed by atoms with Gasteiger partial charge in [-0.1, -0.05) is 0 Å². The number of amides is 2. The highest BCUT2D eigenvalue weighted by atomic mass is 16.5. The average Bonchev–Trinajstić information content (AvgIpc) is 3.09. The minimum atomic E-state index is -0.263. The van der Waals surface area contributed by atoms with Crippen molar-refractivity contribution in [3.05, 3.63) is 24.3 Å². The minimum absolute atomic E-state index is 0.0294. The van der Waals surface area contributed by atoms with Crippen LogP contribution in [-0.4, -0.2) is 31.0 Å². The van der Waals surface area contributed by atoms with Gasteiger partial charge in [0.05, 0.1) is 12.5 Å². The molecule has 0 unspecified atom stereocenters. The summed E-state index contributed by atoms with van der Waals surface area (Å²) in [5.74, 6) is 3.24. The number of carbonyl (C=O) groups excluding carboxylic acids is 2. The first kappa shape index (κ1) is 19.9. The molecule has 30 heavy (non-hydrogen) atoms. The van der Waals surface area contributed by atoms with Gasteiger partial charge in [-0.25, -0.2) is 0 Å². The second kappa shape index (κ2) is 7.58. The predicted molar refractivity (Wildman–Crippen MR) is 116 cm³/mol. The predicted octanol–water partition coefficient (Wildman–Crippen LogP) is 4.16. The highest BCUT2D eigenvalue weighted by molar-refractivity contribution is 6.00. The first-order chi connectivity index (χ1) is 14.5. The fraction of sp³-hybridized carbons (Fsp3) is 0.680. The Hall–Kier alpha value is -2.04. The van der Waals surface area contributed by atoms with Crippen LogP contribution in [0, 0.1) is 29.1 Å². The van der Waals surface area contributed by atoms with E-state index in [0.717, 1.165) is 29.2 Å². The monoisotopic (exact) mass is 410 g/mol. The summed E-state index contributed by atoms with van der Waals surface area (Å²) in [5.41, 5.74) is 1.13. The van der Waals surface area contributed by atoms with Crippen molar-refractivity contribution in [2.45, 2.75) is 64.8 Å². The molecule has 4 bridgehead atoms. The topological polar surface area (TPSA) is 58.6 Å². The zero-order chi connectivity index (χ0) is 20.9.